The molecule has 0 aliphatic heterocycles. The third-order valence-corrected chi connectivity index (χ3v) is 13.4. The van der Waals surface area contributed by atoms with Gasteiger partial charge in [0, 0.05) is 38.1 Å². The fourth-order valence-electron chi connectivity index (χ4n) is 11.4. The summed E-state index contributed by atoms with van der Waals surface area (Å²) in [6, 6.07) is 69.9. The number of benzene rings is 10. The van der Waals surface area contributed by atoms with E-state index in [-0.39, 0.29) is 0 Å². The maximum Gasteiger partial charge on any atom is 0.136 e. The first kappa shape index (κ1) is 29.9. The molecule has 0 fully saturated rings. The number of nitrogens with zero attached hydrogens (tertiary/aromatic N) is 1. The molecule has 2 aliphatic rings. The molecule has 14 rings (SSSR count). The maximum absolute atomic E-state index is 6.57. The molecule has 0 atom stereocenters. The lowest BCUT2D eigenvalue weighted by Crippen LogP contribution is -2.25. The molecule has 0 N–H and O–H groups in total. The van der Waals surface area contributed by atoms with Gasteiger partial charge in [0.25, 0.3) is 0 Å². The summed E-state index contributed by atoms with van der Waals surface area (Å²) in [5.41, 5.74) is 18.1. The number of hydrogen-bond donors (Lipinski definition) is 0. The lowest BCUT2D eigenvalue weighted by molar-refractivity contribution is 0.669. The summed E-state index contributed by atoms with van der Waals surface area (Å²) in [6.45, 7) is 0. The number of hydrogen-bond acceptors (Lipinski definition) is 1. The van der Waals surface area contributed by atoms with Gasteiger partial charge in [-0.15, -0.1) is 0 Å². The first-order valence-corrected chi connectivity index (χ1v) is 19.9. The summed E-state index contributed by atoms with van der Waals surface area (Å²) >= 11 is 0. The van der Waals surface area contributed by atoms with Gasteiger partial charge in [0.1, 0.15) is 11.2 Å². The minimum Gasteiger partial charge on any atom is -0.456 e. The highest BCUT2D eigenvalue weighted by Gasteiger charge is 2.52. The molecule has 2 heteroatoms. The standard InChI is InChI=1S/C55H31NO/c1-2-19-37-32(14-1)38-21-13-27-48-52(38)53-49(57-48)31-29-39(50(37)53)35-17-6-11-25-46(35)56-47-26-12-7-18-36(47)40-28-30-45-51(54(40)56)41-20-5-10-24-44(41)55(45)42-22-8-3-15-33(42)34-16-4-9-23-43(34)55/h1-31H. The van der Waals surface area contributed by atoms with Gasteiger partial charge in [-0.05, 0) is 91.0 Å². The first-order chi connectivity index (χ1) is 28.3. The monoisotopic (exact) mass is 721 g/mol. The summed E-state index contributed by atoms with van der Waals surface area (Å²) in [6.07, 6.45) is 0. The predicted octanol–water partition coefficient (Wildman–Crippen LogP) is 14.4. The Hall–Kier alpha value is -7.42. The van der Waals surface area contributed by atoms with E-state index in [0.717, 1.165) is 16.9 Å². The minimum atomic E-state index is -0.424. The van der Waals surface area contributed by atoms with Crippen molar-refractivity contribution in [1.82, 2.24) is 4.57 Å². The van der Waals surface area contributed by atoms with E-state index >= 15 is 0 Å². The Labute approximate surface area is 327 Å². The highest BCUT2D eigenvalue weighted by molar-refractivity contribution is 6.35. The number of rotatable bonds is 2. The van der Waals surface area contributed by atoms with Crippen LogP contribution in [-0.4, -0.2) is 4.57 Å². The van der Waals surface area contributed by atoms with Crippen LogP contribution >= 0.6 is 0 Å². The largest absolute Gasteiger partial charge is 0.456 e. The van der Waals surface area contributed by atoms with Crippen molar-refractivity contribution >= 4 is 65.3 Å². The van der Waals surface area contributed by atoms with Crippen molar-refractivity contribution in [1.29, 1.82) is 0 Å². The van der Waals surface area contributed by atoms with Crippen LogP contribution in [0.1, 0.15) is 22.3 Å². The molecule has 0 saturated carbocycles. The highest BCUT2D eigenvalue weighted by atomic mass is 16.3. The average molecular weight is 722 g/mol. The van der Waals surface area contributed by atoms with E-state index in [9.17, 15) is 0 Å². The number of para-hydroxylation sites is 2. The summed E-state index contributed by atoms with van der Waals surface area (Å²) in [7, 11) is 0. The SMILES string of the molecule is c1ccc(-n2c3ccccc3c3ccc4c(c32)-c2ccccc2C42c3ccccc3-c3ccccc32)c(-c2ccc3oc4cccc5c6ccccc6c2c3c45)c1. The molecule has 2 heterocycles. The molecular weight excluding hydrogens is 691 g/mol. The topological polar surface area (TPSA) is 18.1 Å². The van der Waals surface area contributed by atoms with E-state index < -0.39 is 5.41 Å². The van der Waals surface area contributed by atoms with E-state index in [4.69, 9.17) is 4.42 Å². The van der Waals surface area contributed by atoms with Gasteiger partial charge in [0.05, 0.1) is 22.1 Å². The fraction of sp³-hybridized carbons (Fsp3) is 0.0182. The Morgan fingerprint density at radius 1 is 0.333 bits per heavy atom. The van der Waals surface area contributed by atoms with Gasteiger partial charge in [0.2, 0.25) is 0 Å². The third-order valence-electron chi connectivity index (χ3n) is 13.4. The van der Waals surface area contributed by atoms with Crippen molar-refractivity contribution in [2.75, 3.05) is 0 Å². The smallest absolute Gasteiger partial charge is 0.136 e. The van der Waals surface area contributed by atoms with Gasteiger partial charge < -0.3 is 8.98 Å². The van der Waals surface area contributed by atoms with Crippen molar-refractivity contribution in [2.45, 2.75) is 5.41 Å². The quantitative estimate of drug-likeness (QED) is 0.163. The van der Waals surface area contributed by atoms with Crippen LogP contribution in [-0.2, 0) is 5.41 Å². The molecule has 0 saturated heterocycles. The lowest BCUT2D eigenvalue weighted by atomic mass is 9.70. The number of furan rings is 1. The number of aromatic nitrogens is 1. The Morgan fingerprint density at radius 3 is 1.70 bits per heavy atom. The molecule has 10 aromatic carbocycles. The van der Waals surface area contributed by atoms with Crippen LogP contribution in [0.5, 0.6) is 0 Å². The van der Waals surface area contributed by atoms with Crippen LogP contribution < -0.4 is 0 Å². The normalized spacial score (nSPS) is 13.8. The third kappa shape index (κ3) is 3.46. The zero-order chi connectivity index (χ0) is 37.0. The average Bonchev–Trinajstić information content (AvgIpc) is 4.00. The predicted molar refractivity (Wildman–Crippen MR) is 236 cm³/mol. The zero-order valence-corrected chi connectivity index (χ0v) is 30.8. The molecule has 12 aromatic rings. The Kier molecular flexibility index (Phi) is 5.48. The molecule has 0 amide bonds. The fourth-order valence-corrected chi connectivity index (χ4v) is 11.4. The van der Waals surface area contributed by atoms with E-state index in [1.807, 2.05) is 0 Å². The van der Waals surface area contributed by atoms with Gasteiger partial charge in [-0.2, -0.15) is 0 Å². The molecule has 2 aliphatic carbocycles. The molecule has 0 unspecified atom stereocenters. The second kappa shape index (κ2) is 10.5. The van der Waals surface area contributed by atoms with Crippen molar-refractivity contribution in [3.63, 3.8) is 0 Å². The lowest BCUT2D eigenvalue weighted by Gasteiger charge is -2.30. The van der Waals surface area contributed by atoms with Crippen LogP contribution in [0.25, 0.3) is 104 Å². The molecule has 0 radical (unpaired) electrons. The molecular formula is C55H31NO. The number of fused-ring (bicyclic) bond motifs is 17. The highest BCUT2D eigenvalue weighted by Crippen LogP contribution is 2.64. The van der Waals surface area contributed by atoms with Crippen LogP contribution in [0.15, 0.2) is 192 Å². The minimum absolute atomic E-state index is 0.424. The van der Waals surface area contributed by atoms with Crippen LogP contribution in [0, 0.1) is 0 Å². The zero-order valence-electron chi connectivity index (χ0n) is 30.8. The molecule has 2 nitrogen and oxygen atoms in total. The van der Waals surface area contributed by atoms with E-state index in [0.29, 0.717) is 0 Å². The molecule has 1 spiro atoms. The van der Waals surface area contributed by atoms with Crippen molar-refractivity contribution in [3.8, 4) is 39.1 Å². The van der Waals surface area contributed by atoms with Crippen LogP contribution in [0.2, 0.25) is 0 Å². The first-order valence-electron chi connectivity index (χ1n) is 19.9. The van der Waals surface area contributed by atoms with Gasteiger partial charge in [-0.3, -0.25) is 0 Å². The summed E-state index contributed by atoms with van der Waals surface area (Å²) in [5.74, 6) is 0. The Balaban J connectivity index is 1.15. The summed E-state index contributed by atoms with van der Waals surface area (Å²) in [5, 5.41) is 9.88. The Morgan fingerprint density at radius 2 is 0.912 bits per heavy atom. The molecule has 262 valence electrons. The van der Waals surface area contributed by atoms with Gasteiger partial charge in [-0.25, -0.2) is 0 Å². The maximum atomic E-state index is 6.57. The molecule has 2 aromatic heterocycles. The second-order valence-corrected chi connectivity index (χ2v) is 15.8. The van der Waals surface area contributed by atoms with E-state index in [2.05, 4.69) is 193 Å². The van der Waals surface area contributed by atoms with E-state index in [1.165, 1.54) is 110 Å². The van der Waals surface area contributed by atoms with Gasteiger partial charge >= 0.3 is 0 Å². The van der Waals surface area contributed by atoms with Gasteiger partial charge in [0.15, 0.2) is 0 Å². The van der Waals surface area contributed by atoms with Crippen molar-refractivity contribution in [2.24, 2.45) is 0 Å². The van der Waals surface area contributed by atoms with E-state index in [1.54, 1.807) is 0 Å². The molecule has 57 heavy (non-hydrogen) atoms. The van der Waals surface area contributed by atoms with Gasteiger partial charge in [-0.1, -0.05) is 158 Å². The van der Waals surface area contributed by atoms with Crippen LogP contribution in [0.4, 0.5) is 0 Å². The summed E-state index contributed by atoms with van der Waals surface area (Å²) in [4.78, 5) is 0. The van der Waals surface area contributed by atoms with Crippen LogP contribution in [0.3, 0.4) is 0 Å². The van der Waals surface area contributed by atoms with Crippen molar-refractivity contribution < 1.29 is 4.42 Å². The summed E-state index contributed by atoms with van der Waals surface area (Å²) < 4.78 is 9.14. The second-order valence-electron chi connectivity index (χ2n) is 15.8. The van der Waals surface area contributed by atoms with Crippen molar-refractivity contribution in [3.05, 3.63) is 210 Å². The Bertz CT molecular complexity index is 3660. The molecule has 0 bridgehead atoms.